The van der Waals surface area contributed by atoms with Crippen molar-refractivity contribution < 1.29 is 4.79 Å². The summed E-state index contributed by atoms with van der Waals surface area (Å²) in [6.45, 7) is 1.55. The Balaban J connectivity index is 0.00000192. The van der Waals surface area contributed by atoms with Gasteiger partial charge in [0.05, 0.1) is 0 Å². The number of ketones is 1. The van der Waals surface area contributed by atoms with Crippen molar-refractivity contribution in [2.24, 2.45) is 0 Å². The molecule has 5 nitrogen and oxygen atoms in total. The van der Waals surface area contributed by atoms with Gasteiger partial charge in [-0.3, -0.25) is 9.78 Å². The highest BCUT2D eigenvalue weighted by Crippen LogP contribution is 2.18. The number of benzene rings is 1. The summed E-state index contributed by atoms with van der Waals surface area (Å²) in [5, 5.41) is 3.20. The van der Waals surface area contributed by atoms with E-state index in [1.54, 1.807) is 43.7 Å². The Hall–Kier alpha value is -2.79. The van der Waals surface area contributed by atoms with Gasteiger partial charge in [0, 0.05) is 35.4 Å². The molecule has 0 unspecified atom stereocenters. The van der Waals surface area contributed by atoms with Gasteiger partial charge in [0.25, 0.3) is 0 Å². The maximum atomic E-state index is 11.3. The number of nitrogens with one attached hydrogen (secondary N) is 1. The van der Waals surface area contributed by atoms with E-state index in [0.29, 0.717) is 17.2 Å². The Morgan fingerprint density at radius 1 is 1.04 bits per heavy atom. The molecule has 0 fully saturated rings. The zero-order valence-corrected chi connectivity index (χ0v) is 13.2. The predicted molar refractivity (Wildman–Crippen MR) is 92.2 cm³/mol. The monoisotopic (exact) mass is 326 g/mol. The number of nitrogens with zero attached hydrogens (tertiary/aromatic N) is 3. The van der Waals surface area contributed by atoms with Crippen LogP contribution in [0.5, 0.6) is 0 Å². The van der Waals surface area contributed by atoms with Crippen molar-refractivity contribution in [1.82, 2.24) is 15.0 Å². The lowest BCUT2D eigenvalue weighted by Crippen LogP contribution is -1.98. The largest absolute Gasteiger partial charge is 0.340 e. The van der Waals surface area contributed by atoms with Crippen LogP contribution in [0.25, 0.3) is 11.4 Å². The number of pyridine rings is 1. The molecule has 0 bridgehead atoms. The van der Waals surface area contributed by atoms with Gasteiger partial charge in [0.2, 0.25) is 0 Å². The van der Waals surface area contributed by atoms with Crippen LogP contribution >= 0.6 is 12.4 Å². The molecular weight excluding hydrogens is 312 g/mol. The minimum atomic E-state index is 0. The number of hydrogen-bond donors (Lipinski definition) is 1. The molecule has 116 valence electrons. The number of aromatic nitrogens is 3. The number of carbonyl (C=O) groups excluding carboxylic acids is 1. The highest BCUT2D eigenvalue weighted by molar-refractivity contribution is 5.94. The van der Waals surface area contributed by atoms with Gasteiger partial charge < -0.3 is 5.32 Å². The fourth-order valence-corrected chi connectivity index (χ4v) is 2.00. The first-order chi connectivity index (χ1) is 10.7. The van der Waals surface area contributed by atoms with Gasteiger partial charge in [-0.25, -0.2) is 9.97 Å². The second-order valence-electron chi connectivity index (χ2n) is 4.77. The van der Waals surface area contributed by atoms with Crippen molar-refractivity contribution in [3.05, 3.63) is 66.6 Å². The number of hydrogen-bond acceptors (Lipinski definition) is 5. The Morgan fingerprint density at radius 2 is 1.83 bits per heavy atom. The fraction of sp³-hybridized carbons (Fsp3) is 0.0588. The van der Waals surface area contributed by atoms with Crippen LogP contribution in [0.2, 0.25) is 0 Å². The van der Waals surface area contributed by atoms with Crippen molar-refractivity contribution in [2.75, 3.05) is 5.32 Å². The summed E-state index contributed by atoms with van der Waals surface area (Å²) in [7, 11) is 0. The third-order valence-electron chi connectivity index (χ3n) is 3.14. The smallest absolute Gasteiger partial charge is 0.163 e. The molecule has 0 amide bonds. The van der Waals surface area contributed by atoms with Gasteiger partial charge in [0.1, 0.15) is 5.82 Å². The summed E-state index contributed by atoms with van der Waals surface area (Å²) in [5.74, 6) is 1.34. The van der Waals surface area contributed by atoms with Crippen molar-refractivity contribution >= 4 is 29.7 Å². The molecular formula is C17H15ClN4O. The average molecular weight is 327 g/mol. The lowest BCUT2D eigenvalue weighted by molar-refractivity contribution is 0.101. The quantitative estimate of drug-likeness (QED) is 0.736. The van der Waals surface area contributed by atoms with E-state index in [1.165, 1.54) is 0 Å². The molecule has 2 heterocycles. The summed E-state index contributed by atoms with van der Waals surface area (Å²) < 4.78 is 0. The van der Waals surface area contributed by atoms with Gasteiger partial charge >= 0.3 is 0 Å². The van der Waals surface area contributed by atoms with E-state index < -0.39 is 0 Å². The van der Waals surface area contributed by atoms with Crippen molar-refractivity contribution in [3.8, 4) is 11.4 Å². The topological polar surface area (TPSA) is 67.8 Å². The molecule has 0 aliphatic heterocycles. The van der Waals surface area contributed by atoms with Crippen LogP contribution in [0.15, 0.2) is 61.1 Å². The predicted octanol–water partition coefficient (Wildman–Crippen LogP) is 3.91. The van der Waals surface area contributed by atoms with Gasteiger partial charge in [0.15, 0.2) is 11.6 Å². The van der Waals surface area contributed by atoms with E-state index in [2.05, 4.69) is 20.3 Å². The Kier molecular flexibility index (Phi) is 5.38. The van der Waals surface area contributed by atoms with Crippen LogP contribution in [0.4, 0.5) is 11.5 Å². The second kappa shape index (κ2) is 7.47. The molecule has 23 heavy (non-hydrogen) atoms. The van der Waals surface area contributed by atoms with Crippen LogP contribution in [0.3, 0.4) is 0 Å². The molecule has 2 aromatic heterocycles. The van der Waals surface area contributed by atoms with E-state index in [-0.39, 0.29) is 18.2 Å². The third kappa shape index (κ3) is 4.11. The molecule has 0 radical (unpaired) electrons. The van der Waals surface area contributed by atoms with Crippen molar-refractivity contribution in [2.45, 2.75) is 6.92 Å². The van der Waals surface area contributed by atoms with Crippen LogP contribution in [0, 0.1) is 0 Å². The van der Waals surface area contributed by atoms with Crippen molar-refractivity contribution in [3.63, 3.8) is 0 Å². The summed E-state index contributed by atoms with van der Waals surface area (Å²) in [4.78, 5) is 24.1. The van der Waals surface area contributed by atoms with Crippen LogP contribution in [-0.2, 0) is 0 Å². The Bertz CT molecular complexity index is 791. The van der Waals surface area contributed by atoms with E-state index in [4.69, 9.17) is 0 Å². The van der Waals surface area contributed by atoms with Crippen molar-refractivity contribution in [1.29, 1.82) is 0 Å². The van der Waals surface area contributed by atoms with E-state index in [9.17, 15) is 4.79 Å². The highest BCUT2D eigenvalue weighted by Gasteiger charge is 2.04. The first-order valence-corrected chi connectivity index (χ1v) is 6.84. The molecule has 3 aromatic rings. The summed E-state index contributed by atoms with van der Waals surface area (Å²) in [6, 6.07) is 12.8. The van der Waals surface area contributed by atoms with Gasteiger partial charge in [-0.1, -0.05) is 0 Å². The number of Topliss-reactive ketones (excluding diaryl/α,β-unsaturated/α-hetero) is 1. The van der Waals surface area contributed by atoms with Crippen LogP contribution < -0.4 is 5.32 Å². The molecule has 0 aliphatic carbocycles. The highest BCUT2D eigenvalue weighted by atomic mass is 35.5. The summed E-state index contributed by atoms with van der Waals surface area (Å²) in [5.41, 5.74) is 2.41. The molecule has 0 spiro atoms. The number of anilines is 2. The lowest BCUT2D eigenvalue weighted by atomic mass is 10.1. The zero-order chi connectivity index (χ0) is 15.4. The fourth-order valence-electron chi connectivity index (χ4n) is 2.00. The minimum Gasteiger partial charge on any atom is -0.340 e. The number of rotatable bonds is 4. The molecule has 1 aromatic carbocycles. The number of halogens is 1. The average Bonchev–Trinajstić information content (AvgIpc) is 2.56. The first-order valence-electron chi connectivity index (χ1n) is 6.84. The SMILES string of the molecule is CC(=O)c1ccc(Nc2ccnc(-c3cccnc3)n2)cc1.Cl. The summed E-state index contributed by atoms with van der Waals surface area (Å²) >= 11 is 0. The third-order valence-corrected chi connectivity index (χ3v) is 3.14. The minimum absolute atomic E-state index is 0. The zero-order valence-electron chi connectivity index (χ0n) is 12.4. The van der Waals surface area contributed by atoms with Gasteiger partial charge in [-0.05, 0) is 49.4 Å². The second-order valence-corrected chi connectivity index (χ2v) is 4.77. The maximum Gasteiger partial charge on any atom is 0.163 e. The molecule has 0 saturated carbocycles. The summed E-state index contributed by atoms with van der Waals surface area (Å²) in [6.07, 6.45) is 5.13. The first kappa shape index (κ1) is 16.6. The van der Waals surface area contributed by atoms with Crippen LogP contribution in [-0.4, -0.2) is 20.7 Å². The molecule has 1 N–H and O–H groups in total. The Morgan fingerprint density at radius 3 is 2.48 bits per heavy atom. The number of carbonyl (C=O) groups is 1. The van der Waals surface area contributed by atoms with Crippen LogP contribution in [0.1, 0.15) is 17.3 Å². The van der Waals surface area contributed by atoms with E-state index in [0.717, 1.165) is 11.3 Å². The molecule has 0 saturated heterocycles. The normalized spacial score (nSPS) is 9.78. The molecule has 0 aliphatic rings. The van der Waals surface area contributed by atoms with Gasteiger partial charge in [-0.15, -0.1) is 12.4 Å². The van der Waals surface area contributed by atoms with E-state index in [1.807, 2.05) is 24.3 Å². The molecule has 6 heteroatoms. The van der Waals surface area contributed by atoms with Gasteiger partial charge in [-0.2, -0.15) is 0 Å². The molecule has 0 atom stereocenters. The Labute approximate surface area is 140 Å². The molecule has 3 rings (SSSR count). The lowest BCUT2D eigenvalue weighted by Gasteiger charge is -2.07. The maximum absolute atomic E-state index is 11.3. The standard InChI is InChI=1S/C17H14N4O.ClH/c1-12(22)13-4-6-15(7-5-13)20-16-8-10-19-17(21-16)14-3-2-9-18-11-14;/h2-11H,1H3,(H,19,20,21);1H. The van der Waals surface area contributed by atoms with E-state index >= 15 is 0 Å².